The van der Waals surface area contributed by atoms with E-state index < -0.39 is 61.5 Å². The third kappa shape index (κ3) is 25.5. The van der Waals surface area contributed by atoms with Crippen molar-refractivity contribution in [2.45, 2.75) is 214 Å². The number of nitrogens with two attached hydrogens (primary N) is 2. The van der Waals surface area contributed by atoms with Crippen molar-refractivity contribution in [1.82, 2.24) is 55.4 Å². The lowest BCUT2D eigenvalue weighted by atomic mass is 10.0. The second-order valence-electron chi connectivity index (χ2n) is 20.0. The molecule has 4 rings (SSSR count). The first-order chi connectivity index (χ1) is 36.8. The highest BCUT2D eigenvalue weighted by Gasteiger charge is 2.46. The van der Waals surface area contributed by atoms with Crippen molar-refractivity contribution in [1.29, 1.82) is 0 Å². The predicted octanol–water partition coefficient (Wildman–Crippen LogP) is 9.36. The van der Waals surface area contributed by atoms with Crippen molar-refractivity contribution in [2.24, 2.45) is 0 Å². The summed E-state index contributed by atoms with van der Waals surface area (Å²) in [5.74, 6) is -0.742. The molecule has 0 saturated carbocycles. The summed E-state index contributed by atoms with van der Waals surface area (Å²) in [4.78, 5) is 79.1. The quantitative estimate of drug-likeness (QED) is 0.00741. The van der Waals surface area contributed by atoms with Gasteiger partial charge in [0.25, 0.3) is 0 Å². The summed E-state index contributed by atoms with van der Waals surface area (Å²) in [6, 6.07) is 0. The summed E-state index contributed by atoms with van der Waals surface area (Å²) >= 11 is 5.94. The first kappa shape index (κ1) is 72.6. The monoisotopic (exact) mass is 1180 g/mol. The minimum absolute atomic E-state index is 0. The van der Waals surface area contributed by atoms with Crippen molar-refractivity contribution in [3.63, 3.8) is 0 Å². The number of hydrogen-bond donors (Lipinski definition) is 7. The maximum absolute atomic E-state index is 14.7. The molecule has 4 aromatic heterocycles. The lowest BCUT2D eigenvalue weighted by Crippen LogP contribution is -2.56. The van der Waals surface area contributed by atoms with Crippen molar-refractivity contribution in [3.8, 4) is 0 Å². The molecular weight excluding hydrogens is 1080 g/mol. The van der Waals surface area contributed by atoms with Gasteiger partial charge in [0, 0.05) is 0 Å². The van der Waals surface area contributed by atoms with Crippen LogP contribution in [0.15, 0.2) is 25.3 Å². The number of alkyl halides is 1. The van der Waals surface area contributed by atoms with Crippen molar-refractivity contribution in [3.05, 3.63) is 25.3 Å². The summed E-state index contributed by atoms with van der Waals surface area (Å²) in [6.45, 7) is 22.2. The molecule has 5 atom stereocenters. The molecule has 0 saturated heterocycles. The highest BCUT2D eigenvalue weighted by Crippen LogP contribution is 2.44. The van der Waals surface area contributed by atoms with E-state index in [9.17, 15) is 23.5 Å². The predicted molar refractivity (Wildman–Crippen MR) is 308 cm³/mol. The number of halogens is 1. The Balaban J connectivity index is 0.000000745. The van der Waals surface area contributed by atoms with E-state index in [0.717, 1.165) is 64.2 Å². The number of hydrogen-bond acceptors (Lipinski definition) is 19. The molecule has 0 aromatic carbocycles. The van der Waals surface area contributed by atoms with Crippen LogP contribution in [0.5, 0.6) is 0 Å². The third-order valence-electron chi connectivity index (χ3n) is 12.8. The largest absolute Gasteiger partial charge is 0.464 e. The van der Waals surface area contributed by atoms with E-state index in [-0.39, 0.29) is 43.3 Å². The summed E-state index contributed by atoms with van der Waals surface area (Å²) in [5, 5.41) is 6.14. The molecule has 25 nitrogen and oxygen atoms in total. The van der Waals surface area contributed by atoms with E-state index in [1.54, 1.807) is 43.2 Å². The van der Waals surface area contributed by atoms with Gasteiger partial charge >= 0.3 is 25.5 Å². The van der Waals surface area contributed by atoms with Gasteiger partial charge in [-0.15, -0.1) is 11.6 Å². The van der Waals surface area contributed by atoms with Crippen LogP contribution in [-0.4, -0.2) is 127 Å². The molecule has 452 valence electrons. The van der Waals surface area contributed by atoms with E-state index in [0.29, 0.717) is 61.3 Å². The number of unbranched alkanes of at least 4 members (excludes halogenated alkanes) is 9. The topological polar surface area (TPSA) is 370 Å². The smallest absolute Gasteiger partial charge is 0.350 e. The molecule has 4 heterocycles. The SMILES string of the molecule is CCCCCCOC(=O)[C@@](C)(Cl)CC.CCCCCCOC(=O)[C@](C)(CC)NP(=O)(CO[C@H](C)Cn1cnc2c(N)ncnc21)N[C@@](C)(CC)C(=O)OCCCCCC.C[C@H](Cn1cnc2c(N)ncnc21)OCP(=O)(O)O.N. The van der Waals surface area contributed by atoms with Crippen LogP contribution in [0.25, 0.3) is 22.3 Å². The van der Waals surface area contributed by atoms with Crippen LogP contribution < -0.4 is 27.8 Å². The molecule has 0 aliphatic rings. The van der Waals surface area contributed by atoms with E-state index in [1.165, 1.54) is 31.8 Å². The Kier molecular flexibility index (Phi) is 33.2. The highest BCUT2D eigenvalue weighted by molar-refractivity contribution is 7.59. The van der Waals surface area contributed by atoms with Crippen LogP contribution in [0.4, 0.5) is 11.6 Å². The Bertz CT molecular complexity index is 2470. The number of anilines is 2. The number of carbonyl (C=O) groups is 3. The molecule has 0 radical (unpaired) electrons. The molecular formula is C51H94ClN13O12P2. The first-order valence-corrected chi connectivity index (χ1v) is 31.3. The summed E-state index contributed by atoms with van der Waals surface area (Å²) in [5.41, 5.74) is 11.1. The van der Waals surface area contributed by atoms with Crippen LogP contribution in [0.3, 0.4) is 0 Å². The van der Waals surface area contributed by atoms with Crippen LogP contribution in [-0.2, 0) is 60.3 Å². The number of imidazole rings is 2. The van der Waals surface area contributed by atoms with E-state index >= 15 is 0 Å². The van der Waals surface area contributed by atoms with Crippen molar-refractivity contribution in [2.75, 3.05) is 44.0 Å². The molecule has 0 fully saturated rings. The number of carbonyl (C=O) groups excluding carboxylic acids is 3. The highest BCUT2D eigenvalue weighted by atomic mass is 35.5. The molecule has 0 aliphatic carbocycles. The summed E-state index contributed by atoms with van der Waals surface area (Å²) < 4.78 is 56.4. The second kappa shape index (κ2) is 36.1. The zero-order chi connectivity index (χ0) is 58.6. The third-order valence-corrected chi connectivity index (χ3v) is 15.9. The molecule has 0 spiro atoms. The number of fused-ring (bicyclic) bond motifs is 2. The maximum atomic E-state index is 14.7. The van der Waals surface area contributed by atoms with E-state index in [1.807, 2.05) is 27.7 Å². The molecule has 0 bridgehead atoms. The number of nitrogens with zero attached hydrogens (tertiary/aromatic N) is 8. The number of nitrogen functional groups attached to an aromatic ring is 2. The molecule has 28 heteroatoms. The number of rotatable bonds is 35. The van der Waals surface area contributed by atoms with E-state index in [4.69, 9.17) is 56.5 Å². The Morgan fingerprint density at radius 3 is 1.30 bits per heavy atom. The normalized spacial score (nSPS) is 14.7. The van der Waals surface area contributed by atoms with Gasteiger partial charge in [-0.1, -0.05) is 99.3 Å². The molecule has 0 aliphatic heterocycles. The zero-order valence-corrected chi connectivity index (χ0v) is 51.3. The lowest BCUT2D eigenvalue weighted by molar-refractivity contribution is -0.150. The van der Waals surface area contributed by atoms with Crippen LogP contribution in [0, 0.1) is 0 Å². The summed E-state index contributed by atoms with van der Waals surface area (Å²) in [6.07, 6.45) is 17.4. The molecule has 0 unspecified atom stereocenters. The van der Waals surface area contributed by atoms with Crippen LogP contribution in [0.1, 0.15) is 172 Å². The fourth-order valence-corrected chi connectivity index (χ4v) is 10.5. The minimum atomic E-state index is -4.16. The standard InChI is InChI=1S/C31H56N7O6P.C11H21ClO2.C9H14N5O4P.H3N/c1-8-12-14-16-18-42-28(39)30(6,10-3)36-45(41,37-31(7,11-4)29(40)43-19-17-15-13-9-2)23-44-24(5)20-38-22-35-25-26(32)33-21-34-27(25)38;1-4-6-7-8-9-14-10(13)11(3,12)5-2;1-6(18-5-19(15,16)17)2-14-4-13-7-8(10)11-3-12-9(7)14;/h21-22,24H,8-20,23H2,1-7H3,(H2,32,33,34)(H2,36,37,41);4-9H2,1-3H3;3-4,6H,2,5H2,1H3,(H2,10,11,12)(H2,15,16,17);1H3/t24-,30+,31+;11-;6-;/m101./s1. The number of aromatic nitrogens is 8. The van der Waals surface area contributed by atoms with Gasteiger partial charge in [-0.2, -0.15) is 0 Å². The Hall–Kier alpha value is -4.42. The number of esters is 3. The van der Waals surface area contributed by atoms with Crippen LogP contribution in [0.2, 0.25) is 0 Å². The first-order valence-electron chi connectivity index (χ1n) is 27.3. The Labute approximate surface area is 472 Å². The average Bonchev–Trinajstić information content (AvgIpc) is 4.05. The van der Waals surface area contributed by atoms with Gasteiger partial charge in [-0.25, -0.2) is 40.1 Å². The number of nitrogens with one attached hydrogen (secondary N) is 2. The fraction of sp³-hybridized carbons (Fsp3) is 0.745. The Morgan fingerprint density at radius 2 is 0.962 bits per heavy atom. The van der Waals surface area contributed by atoms with E-state index in [2.05, 4.69) is 60.8 Å². The van der Waals surface area contributed by atoms with Gasteiger partial charge in [-0.3, -0.25) is 23.5 Å². The van der Waals surface area contributed by atoms with Gasteiger partial charge < -0.3 is 60.2 Å². The molecule has 11 N–H and O–H groups in total. The summed E-state index contributed by atoms with van der Waals surface area (Å²) in [7, 11) is -7.96. The van der Waals surface area contributed by atoms with Gasteiger partial charge in [0.15, 0.2) is 22.9 Å². The van der Waals surface area contributed by atoms with Crippen LogP contribution >= 0.6 is 26.6 Å². The molecule has 0 amide bonds. The zero-order valence-electron chi connectivity index (χ0n) is 48.7. The van der Waals surface area contributed by atoms with Gasteiger partial charge in [0.1, 0.15) is 52.3 Å². The molecule has 79 heavy (non-hydrogen) atoms. The lowest BCUT2D eigenvalue weighted by Gasteiger charge is -2.37. The van der Waals surface area contributed by atoms with Crippen molar-refractivity contribution < 1.29 is 57.0 Å². The average molecular weight is 1180 g/mol. The van der Waals surface area contributed by atoms with Crippen molar-refractivity contribution >= 4 is 78.5 Å². The minimum Gasteiger partial charge on any atom is -0.464 e. The van der Waals surface area contributed by atoms with Gasteiger partial charge in [-0.05, 0) is 73.1 Å². The van der Waals surface area contributed by atoms with Gasteiger partial charge in [0.2, 0.25) is 7.44 Å². The fourth-order valence-electron chi connectivity index (χ4n) is 7.30. The maximum Gasteiger partial charge on any atom is 0.350 e. The molecule has 4 aromatic rings. The second-order valence-corrected chi connectivity index (χ2v) is 24.6. The Morgan fingerprint density at radius 1 is 0.595 bits per heavy atom. The van der Waals surface area contributed by atoms with Gasteiger partial charge in [0.05, 0.1) is 57.8 Å². The number of ether oxygens (including phenoxy) is 5.